The number of nitrogens with one attached hydrogen (secondary N) is 1. The summed E-state index contributed by atoms with van der Waals surface area (Å²) in [6.07, 6.45) is 1.18. The van der Waals surface area contributed by atoms with Crippen molar-refractivity contribution in [3.05, 3.63) is 20.8 Å². The number of nitrogens with two attached hydrogens (primary N) is 1. The molecule has 1 saturated carbocycles. The first-order valence-electron chi connectivity index (χ1n) is 7.16. The third-order valence-corrected chi connectivity index (χ3v) is 3.95. The Balaban J connectivity index is 2.36. The van der Waals surface area contributed by atoms with Crippen LogP contribution in [-0.4, -0.2) is 15.7 Å². The first-order chi connectivity index (χ1) is 9.32. The van der Waals surface area contributed by atoms with E-state index in [-0.39, 0.29) is 23.0 Å². The number of rotatable bonds is 5. The van der Waals surface area contributed by atoms with Crippen LogP contribution in [0.15, 0.2) is 9.59 Å². The smallest absolute Gasteiger partial charge is 0.332 e. The Bertz CT molecular complexity index is 615. The molecule has 1 aromatic rings. The summed E-state index contributed by atoms with van der Waals surface area (Å²) < 4.78 is 2.60. The van der Waals surface area contributed by atoms with E-state index in [1.807, 2.05) is 13.8 Å². The number of aromatic nitrogens is 2. The molecule has 0 aromatic carbocycles. The van der Waals surface area contributed by atoms with Crippen molar-refractivity contribution >= 4 is 11.5 Å². The zero-order valence-electron chi connectivity index (χ0n) is 12.6. The van der Waals surface area contributed by atoms with Gasteiger partial charge < -0.3 is 11.1 Å². The minimum Gasteiger partial charge on any atom is -0.383 e. The van der Waals surface area contributed by atoms with Crippen LogP contribution < -0.4 is 22.3 Å². The van der Waals surface area contributed by atoms with Gasteiger partial charge in [0, 0.05) is 20.1 Å². The number of nitrogens with zero attached hydrogens (tertiary/aromatic N) is 2. The lowest BCUT2D eigenvalue weighted by Crippen LogP contribution is -2.41. The molecule has 0 bridgehead atoms. The minimum absolute atomic E-state index is 0.250. The van der Waals surface area contributed by atoms with E-state index in [0.29, 0.717) is 24.1 Å². The Labute approximate surface area is 118 Å². The van der Waals surface area contributed by atoms with Gasteiger partial charge in [-0.3, -0.25) is 13.9 Å². The third kappa shape index (κ3) is 2.73. The summed E-state index contributed by atoms with van der Waals surface area (Å²) in [5.74, 6) is 1.84. The predicted molar refractivity (Wildman–Crippen MR) is 81.0 cm³/mol. The molecule has 1 aliphatic rings. The number of anilines is 2. The lowest BCUT2D eigenvalue weighted by atomic mass is 10.2. The molecular weight excluding hydrogens is 256 g/mol. The highest BCUT2D eigenvalue weighted by atomic mass is 16.2. The highest BCUT2D eigenvalue weighted by Crippen LogP contribution is 2.37. The van der Waals surface area contributed by atoms with Crippen LogP contribution in [0.1, 0.15) is 27.2 Å². The Morgan fingerprint density at radius 3 is 2.50 bits per heavy atom. The standard InChI is InChI=1S/C14H24N4O2/c1-8(2)7-18-12(15)11(13(19)17(4)14(18)20)16-6-10-5-9(10)3/h8-10,16H,5-7,15H2,1-4H3. The van der Waals surface area contributed by atoms with E-state index in [0.717, 1.165) is 11.1 Å². The molecule has 112 valence electrons. The van der Waals surface area contributed by atoms with Crippen LogP contribution in [0.4, 0.5) is 11.5 Å². The van der Waals surface area contributed by atoms with Crippen LogP contribution in [0.2, 0.25) is 0 Å². The number of hydrogen-bond acceptors (Lipinski definition) is 4. The summed E-state index contributed by atoms with van der Waals surface area (Å²) in [6.45, 7) is 7.45. The lowest BCUT2D eigenvalue weighted by Gasteiger charge is -2.17. The van der Waals surface area contributed by atoms with Gasteiger partial charge in [-0.2, -0.15) is 0 Å². The van der Waals surface area contributed by atoms with Gasteiger partial charge in [-0.05, 0) is 24.2 Å². The van der Waals surface area contributed by atoms with Gasteiger partial charge in [0.2, 0.25) is 0 Å². The van der Waals surface area contributed by atoms with Gasteiger partial charge in [-0.25, -0.2) is 4.79 Å². The zero-order valence-corrected chi connectivity index (χ0v) is 12.6. The molecule has 1 aliphatic carbocycles. The average molecular weight is 280 g/mol. The summed E-state index contributed by atoms with van der Waals surface area (Å²) in [5.41, 5.74) is 5.68. The fourth-order valence-electron chi connectivity index (χ4n) is 2.41. The molecule has 3 N–H and O–H groups in total. The maximum absolute atomic E-state index is 12.2. The van der Waals surface area contributed by atoms with Gasteiger partial charge >= 0.3 is 5.69 Å². The molecule has 20 heavy (non-hydrogen) atoms. The lowest BCUT2D eigenvalue weighted by molar-refractivity contribution is 0.494. The van der Waals surface area contributed by atoms with E-state index in [1.54, 1.807) is 0 Å². The predicted octanol–water partition coefficient (Wildman–Crippen LogP) is 0.853. The van der Waals surface area contributed by atoms with Crippen molar-refractivity contribution in [1.29, 1.82) is 0 Å². The minimum atomic E-state index is -0.355. The summed E-state index contributed by atoms with van der Waals surface area (Å²) in [7, 11) is 1.49. The normalized spacial score (nSPS) is 21.2. The molecule has 6 heteroatoms. The molecule has 1 heterocycles. The van der Waals surface area contributed by atoms with Crippen molar-refractivity contribution in [2.45, 2.75) is 33.7 Å². The van der Waals surface area contributed by atoms with E-state index < -0.39 is 0 Å². The monoisotopic (exact) mass is 280 g/mol. The van der Waals surface area contributed by atoms with Crippen LogP contribution >= 0.6 is 0 Å². The average Bonchev–Trinajstić information content (AvgIpc) is 3.08. The molecule has 2 unspecified atom stereocenters. The first kappa shape index (κ1) is 14.7. The van der Waals surface area contributed by atoms with E-state index >= 15 is 0 Å². The van der Waals surface area contributed by atoms with Crippen LogP contribution in [0.5, 0.6) is 0 Å². The highest BCUT2D eigenvalue weighted by Gasteiger charge is 2.32. The highest BCUT2D eigenvalue weighted by molar-refractivity contribution is 5.60. The third-order valence-electron chi connectivity index (χ3n) is 3.95. The van der Waals surface area contributed by atoms with Crippen molar-refractivity contribution < 1.29 is 0 Å². The van der Waals surface area contributed by atoms with E-state index in [1.165, 1.54) is 18.0 Å². The topological polar surface area (TPSA) is 82.0 Å². The second-order valence-corrected chi connectivity index (χ2v) is 6.27. The molecule has 2 atom stereocenters. The van der Waals surface area contributed by atoms with Crippen LogP contribution in [0.25, 0.3) is 0 Å². The zero-order chi connectivity index (χ0) is 15.0. The number of nitrogen functional groups attached to an aromatic ring is 1. The maximum atomic E-state index is 12.2. The Morgan fingerprint density at radius 2 is 2.00 bits per heavy atom. The quantitative estimate of drug-likeness (QED) is 0.838. The molecular formula is C14H24N4O2. The van der Waals surface area contributed by atoms with Gasteiger partial charge in [-0.1, -0.05) is 20.8 Å². The van der Waals surface area contributed by atoms with E-state index in [9.17, 15) is 9.59 Å². The second-order valence-electron chi connectivity index (χ2n) is 6.27. The van der Waals surface area contributed by atoms with Crippen molar-refractivity contribution in [3.63, 3.8) is 0 Å². The first-order valence-corrected chi connectivity index (χ1v) is 7.16. The molecule has 2 rings (SSSR count). The largest absolute Gasteiger partial charge is 0.383 e. The van der Waals surface area contributed by atoms with Gasteiger partial charge in [0.15, 0.2) is 0 Å². The van der Waals surface area contributed by atoms with Gasteiger partial charge in [-0.15, -0.1) is 0 Å². The molecule has 1 fully saturated rings. The van der Waals surface area contributed by atoms with Gasteiger partial charge in [0.05, 0.1) is 0 Å². The Kier molecular flexibility index (Phi) is 3.92. The summed E-state index contributed by atoms with van der Waals surface area (Å²) in [6, 6.07) is 0. The van der Waals surface area contributed by atoms with Gasteiger partial charge in [0.1, 0.15) is 11.5 Å². The number of hydrogen-bond donors (Lipinski definition) is 2. The second kappa shape index (κ2) is 5.34. The fraction of sp³-hybridized carbons (Fsp3) is 0.714. The molecule has 0 radical (unpaired) electrons. The summed E-state index contributed by atoms with van der Waals surface area (Å²) >= 11 is 0. The molecule has 0 aliphatic heterocycles. The Hall–Kier alpha value is -1.72. The van der Waals surface area contributed by atoms with Crippen molar-refractivity contribution in [3.8, 4) is 0 Å². The SMILES string of the molecule is CC(C)Cn1c(N)c(NCC2CC2C)c(=O)n(C)c1=O. The molecule has 0 amide bonds. The summed E-state index contributed by atoms with van der Waals surface area (Å²) in [4.78, 5) is 24.3. The fourth-order valence-corrected chi connectivity index (χ4v) is 2.41. The molecule has 1 aromatic heterocycles. The van der Waals surface area contributed by atoms with Crippen molar-refractivity contribution in [2.24, 2.45) is 24.8 Å². The van der Waals surface area contributed by atoms with Crippen molar-refractivity contribution in [2.75, 3.05) is 17.6 Å². The Morgan fingerprint density at radius 1 is 1.40 bits per heavy atom. The molecule has 0 spiro atoms. The van der Waals surface area contributed by atoms with Crippen molar-refractivity contribution in [1.82, 2.24) is 9.13 Å². The van der Waals surface area contributed by atoms with E-state index in [2.05, 4.69) is 12.2 Å². The van der Waals surface area contributed by atoms with E-state index in [4.69, 9.17) is 5.73 Å². The van der Waals surface area contributed by atoms with Crippen LogP contribution in [-0.2, 0) is 13.6 Å². The maximum Gasteiger partial charge on any atom is 0.332 e. The molecule has 6 nitrogen and oxygen atoms in total. The van der Waals surface area contributed by atoms with Gasteiger partial charge in [0.25, 0.3) is 5.56 Å². The van der Waals surface area contributed by atoms with Crippen LogP contribution in [0, 0.1) is 17.8 Å². The summed E-state index contributed by atoms with van der Waals surface area (Å²) in [5, 5.41) is 3.14. The van der Waals surface area contributed by atoms with Crippen LogP contribution in [0.3, 0.4) is 0 Å². The molecule has 0 saturated heterocycles.